The van der Waals surface area contributed by atoms with Gasteiger partial charge in [0.15, 0.2) is 17.3 Å². The molecule has 1 aliphatic carbocycles. The predicted molar refractivity (Wildman–Crippen MR) is 128 cm³/mol. The Bertz CT molecular complexity index is 1360. The summed E-state index contributed by atoms with van der Waals surface area (Å²) < 4.78 is 27.7. The van der Waals surface area contributed by atoms with Crippen LogP contribution in [0.2, 0.25) is 0 Å². The fourth-order valence-corrected chi connectivity index (χ4v) is 4.03. The number of rotatable bonds is 8. The Morgan fingerprint density at radius 3 is 2.71 bits per heavy atom. The van der Waals surface area contributed by atoms with Gasteiger partial charge in [0.25, 0.3) is 5.91 Å². The number of para-hydroxylation sites is 1. The molecule has 3 amide bonds. The molecule has 0 bridgehead atoms. The van der Waals surface area contributed by atoms with Crippen molar-refractivity contribution in [1.82, 2.24) is 20.5 Å². The molecule has 0 saturated heterocycles. The second-order valence-electron chi connectivity index (χ2n) is 7.43. The van der Waals surface area contributed by atoms with Gasteiger partial charge in [0, 0.05) is 30.0 Å². The lowest BCUT2D eigenvalue weighted by Gasteiger charge is -2.16. The van der Waals surface area contributed by atoms with Crippen molar-refractivity contribution in [1.29, 1.82) is 0 Å². The maximum atomic E-state index is 12.7. The van der Waals surface area contributed by atoms with Gasteiger partial charge in [-0.1, -0.05) is 17.4 Å². The van der Waals surface area contributed by atoms with E-state index in [4.69, 9.17) is 8.85 Å². The van der Waals surface area contributed by atoms with Gasteiger partial charge in [-0.2, -0.15) is 0 Å². The van der Waals surface area contributed by atoms with Crippen molar-refractivity contribution in [2.45, 2.75) is 19.8 Å². The summed E-state index contributed by atoms with van der Waals surface area (Å²) in [6, 6.07) is 6.58. The first-order chi connectivity index (χ1) is 17.5. The summed E-state index contributed by atoms with van der Waals surface area (Å²) in [6.07, 6.45) is 3.10. The number of benzene rings is 1. The molecule has 176 valence electrons. The first-order valence-electron chi connectivity index (χ1n) is 11.7. The van der Waals surface area contributed by atoms with Crippen molar-refractivity contribution < 1.29 is 23.2 Å². The lowest BCUT2D eigenvalue weighted by atomic mass is 10.1. The molecule has 34 heavy (non-hydrogen) atoms. The van der Waals surface area contributed by atoms with E-state index in [1.807, 2.05) is 5.32 Å². The Morgan fingerprint density at radius 1 is 1.18 bits per heavy atom. The van der Waals surface area contributed by atoms with Gasteiger partial charge in [0.1, 0.15) is 10.0 Å². The molecule has 1 saturated carbocycles. The molecule has 4 rings (SSSR count). The zero-order valence-electron chi connectivity index (χ0n) is 21.3. The Balaban J connectivity index is 1.70. The topological polar surface area (TPSA) is 147 Å². The highest BCUT2D eigenvalue weighted by Gasteiger charge is 2.30. The maximum Gasteiger partial charge on any atom is 0.273 e. The van der Waals surface area contributed by atoms with Crippen LogP contribution in [0.15, 0.2) is 30.5 Å². The molecular formula is C22H23N7O4S. The van der Waals surface area contributed by atoms with Crippen LogP contribution in [0.3, 0.4) is 0 Å². The van der Waals surface area contributed by atoms with Gasteiger partial charge in [0.05, 0.1) is 30.2 Å². The van der Waals surface area contributed by atoms with Crippen molar-refractivity contribution in [2.24, 2.45) is 5.92 Å². The summed E-state index contributed by atoms with van der Waals surface area (Å²) in [5.74, 6) is -1.04. The highest BCUT2D eigenvalue weighted by atomic mass is 32.1. The number of carbonyl (C=O) groups excluding carboxylic acids is 3. The van der Waals surface area contributed by atoms with Crippen LogP contribution in [-0.2, 0) is 9.59 Å². The third-order valence-electron chi connectivity index (χ3n) is 4.85. The zero-order chi connectivity index (χ0) is 26.7. The number of methoxy groups -OCH3 is 1. The molecule has 11 nitrogen and oxygen atoms in total. The molecule has 0 atom stereocenters. The molecule has 2 aromatic heterocycles. The summed E-state index contributed by atoms with van der Waals surface area (Å²) >= 11 is 1.24. The molecule has 4 N–H and O–H groups in total. The summed E-state index contributed by atoms with van der Waals surface area (Å²) in [5.41, 5.74) is 0.810. The first kappa shape index (κ1) is 19.4. The van der Waals surface area contributed by atoms with Crippen LogP contribution in [0.4, 0.5) is 22.2 Å². The molecule has 0 aliphatic heterocycles. The number of anilines is 4. The van der Waals surface area contributed by atoms with Crippen LogP contribution in [0.1, 0.15) is 34.4 Å². The van der Waals surface area contributed by atoms with Gasteiger partial charge in [-0.05, 0) is 25.0 Å². The number of aromatic nitrogens is 3. The van der Waals surface area contributed by atoms with Gasteiger partial charge < -0.3 is 26.0 Å². The number of nitrogens with one attached hydrogen (secondary N) is 4. The molecule has 0 unspecified atom stereocenters. The van der Waals surface area contributed by atoms with Gasteiger partial charge >= 0.3 is 0 Å². The molecular weight excluding hydrogens is 458 g/mol. The molecule has 1 aromatic carbocycles. The van der Waals surface area contributed by atoms with Crippen LogP contribution in [-0.4, -0.2) is 47.0 Å². The lowest BCUT2D eigenvalue weighted by Crippen LogP contribution is -2.22. The average molecular weight is 485 g/mol. The summed E-state index contributed by atoms with van der Waals surface area (Å²) in [4.78, 5) is 40.6. The van der Waals surface area contributed by atoms with Crippen molar-refractivity contribution in [3.8, 4) is 16.3 Å². The number of hydrogen-bond acceptors (Lipinski definition) is 9. The minimum absolute atomic E-state index is 0.0887. The van der Waals surface area contributed by atoms with E-state index in [-0.39, 0.29) is 34.9 Å². The quantitative estimate of drug-likeness (QED) is 0.381. The van der Waals surface area contributed by atoms with Crippen molar-refractivity contribution in [3.63, 3.8) is 0 Å². The van der Waals surface area contributed by atoms with E-state index in [2.05, 4.69) is 31.1 Å². The standard InChI is InChI=1S/C22H23N7O4S/c1-11(30)25-17-10-24-22(34-17)13-5-4-6-14(19(13)33-3)26-15-9-16(27-20(31)12-7-8-12)28-29-18(15)21(32)23-2/h4-6,9-10,12H,7-8H2,1-3H3,(H,23,32)(H,25,30)(H2,26,27,28,31)/i2D3. The van der Waals surface area contributed by atoms with Crippen LogP contribution < -0.4 is 26.0 Å². The van der Waals surface area contributed by atoms with E-state index in [0.717, 1.165) is 12.8 Å². The highest BCUT2D eigenvalue weighted by molar-refractivity contribution is 7.19. The number of nitrogens with zero attached hydrogens (tertiary/aromatic N) is 3. The number of thiazole rings is 1. The van der Waals surface area contributed by atoms with Crippen LogP contribution >= 0.6 is 11.3 Å². The summed E-state index contributed by atoms with van der Waals surface area (Å²) in [7, 11) is 1.46. The molecule has 0 radical (unpaired) electrons. The molecule has 0 spiro atoms. The van der Waals surface area contributed by atoms with E-state index in [1.165, 1.54) is 37.6 Å². The molecule has 3 aromatic rings. The molecule has 12 heteroatoms. The number of carbonyl (C=O) groups is 3. The number of amides is 3. The third-order valence-corrected chi connectivity index (χ3v) is 5.79. The monoisotopic (exact) mass is 484 g/mol. The van der Waals surface area contributed by atoms with Gasteiger partial charge in [-0.3, -0.25) is 14.4 Å². The summed E-state index contributed by atoms with van der Waals surface area (Å²) in [5, 5.41) is 19.2. The minimum atomic E-state index is -2.75. The fraction of sp³-hybridized carbons (Fsp3) is 0.273. The van der Waals surface area contributed by atoms with E-state index >= 15 is 0 Å². The molecule has 1 aliphatic rings. The Kier molecular flexibility index (Phi) is 5.61. The molecule has 2 heterocycles. The van der Waals surface area contributed by atoms with Crippen LogP contribution in [0.5, 0.6) is 5.75 Å². The van der Waals surface area contributed by atoms with Crippen LogP contribution in [0.25, 0.3) is 10.6 Å². The normalized spacial score (nSPS) is 14.2. The van der Waals surface area contributed by atoms with E-state index in [9.17, 15) is 14.4 Å². The third kappa shape index (κ3) is 5.12. The van der Waals surface area contributed by atoms with Gasteiger partial charge in [-0.15, -0.1) is 10.2 Å². The van der Waals surface area contributed by atoms with E-state index in [1.54, 1.807) is 18.2 Å². The van der Waals surface area contributed by atoms with E-state index < -0.39 is 12.9 Å². The lowest BCUT2D eigenvalue weighted by molar-refractivity contribution is -0.117. The first-order valence-corrected chi connectivity index (χ1v) is 11.0. The number of ether oxygens (including phenoxy) is 1. The van der Waals surface area contributed by atoms with Gasteiger partial charge in [0.2, 0.25) is 11.8 Å². The fourth-order valence-electron chi connectivity index (χ4n) is 3.15. The second-order valence-corrected chi connectivity index (χ2v) is 8.46. The van der Waals surface area contributed by atoms with Gasteiger partial charge in [-0.25, -0.2) is 4.98 Å². The zero-order valence-corrected chi connectivity index (χ0v) is 19.1. The Labute approximate surface area is 203 Å². The second kappa shape index (κ2) is 9.83. The largest absolute Gasteiger partial charge is 0.494 e. The average Bonchev–Trinajstić information content (AvgIpc) is 3.57. The SMILES string of the molecule is [2H]C([2H])([2H])NC(=O)c1nnc(NC(=O)C2CC2)cc1Nc1cccc(-c2ncc(NC(C)=O)s2)c1OC. The number of hydrogen-bond donors (Lipinski definition) is 4. The highest BCUT2D eigenvalue weighted by Crippen LogP contribution is 2.40. The maximum absolute atomic E-state index is 12.7. The summed E-state index contributed by atoms with van der Waals surface area (Å²) in [6.45, 7) is -1.35. The predicted octanol–water partition coefficient (Wildman–Crippen LogP) is 3.02. The molecule has 1 fully saturated rings. The van der Waals surface area contributed by atoms with E-state index in [0.29, 0.717) is 27.0 Å². The Morgan fingerprint density at radius 2 is 2.00 bits per heavy atom. The Hall–Kier alpha value is -4.06. The van der Waals surface area contributed by atoms with Crippen molar-refractivity contribution in [3.05, 3.63) is 36.2 Å². The minimum Gasteiger partial charge on any atom is -0.494 e. The smallest absolute Gasteiger partial charge is 0.273 e. The van der Waals surface area contributed by atoms with Crippen LogP contribution in [0, 0.1) is 5.92 Å². The van der Waals surface area contributed by atoms with Crippen molar-refractivity contribution >= 4 is 51.3 Å². The van der Waals surface area contributed by atoms with Crippen molar-refractivity contribution in [2.75, 3.05) is 30.0 Å².